The summed E-state index contributed by atoms with van der Waals surface area (Å²) in [7, 11) is 0. The Morgan fingerprint density at radius 1 is 1.17 bits per heavy atom. The molecule has 184 valence electrons. The molecule has 0 saturated heterocycles. The Balaban J connectivity index is 1.36. The molecular formula is C25H21F2N5O4. The summed E-state index contributed by atoms with van der Waals surface area (Å²) in [6.07, 6.45) is -0.553. The van der Waals surface area contributed by atoms with Crippen molar-refractivity contribution >= 4 is 17.5 Å². The van der Waals surface area contributed by atoms with Crippen LogP contribution in [-0.2, 0) is 0 Å². The molecule has 11 heteroatoms. The topological polar surface area (TPSA) is 121 Å². The number of fused-ring (bicyclic) bond motifs is 1. The number of para-hydroxylation sites is 1. The first-order valence-corrected chi connectivity index (χ1v) is 11.0. The van der Waals surface area contributed by atoms with E-state index in [-0.39, 0.29) is 35.4 Å². The number of alkyl halides is 2. The Morgan fingerprint density at radius 3 is 2.75 bits per heavy atom. The highest BCUT2D eigenvalue weighted by molar-refractivity contribution is 5.94. The van der Waals surface area contributed by atoms with Crippen molar-refractivity contribution in [2.24, 2.45) is 0 Å². The van der Waals surface area contributed by atoms with Crippen LogP contribution < -0.4 is 20.1 Å². The molecule has 1 aliphatic heterocycles. The summed E-state index contributed by atoms with van der Waals surface area (Å²) in [5, 5.41) is 15.4. The highest BCUT2D eigenvalue weighted by atomic mass is 19.3. The van der Waals surface area contributed by atoms with Crippen molar-refractivity contribution in [3.8, 4) is 22.8 Å². The van der Waals surface area contributed by atoms with Crippen LogP contribution in [0.15, 0.2) is 67.0 Å². The molecule has 9 nitrogen and oxygen atoms in total. The fraction of sp³-hybridized carbons (Fsp3) is 0.160. The second kappa shape index (κ2) is 9.27. The van der Waals surface area contributed by atoms with Gasteiger partial charge in [-0.15, -0.1) is 8.78 Å². The van der Waals surface area contributed by atoms with Gasteiger partial charge in [0.25, 0.3) is 5.91 Å². The van der Waals surface area contributed by atoms with Crippen molar-refractivity contribution in [1.29, 1.82) is 0 Å². The number of carbonyl (C=O) groups is 1. The zero-order chi connectivity index (χ0) is 25.3. The van der Waals surface area contributed by atoms with Gasteiger partial charge in [-0.3, -0.25) is 4.79 Å². The molecule has 4 N–H and O–H groups in total. The number of aryl methyl sites for hydroxylation is 1. The molecule has 5 rings (SSSR count). The number of amides is 1. The highest BCUT2D eigenvalue weighted by Gasteiger charge is 2.44. The van der Waals surface area contributed by atoms with Crippen molar-refractivity contribution in [3.63, 3.8) is 0 Å². The Labute approximate surface area is 204 Å². The lowest BCUT2D eigenvalue weighted by Gasteiger charge is -2.16. The van der Waals surface area contributed by atoms with Crippen molar-refractivity contribution in [1.82, 2.24) is 20.3 Å². The summed E-state index contributed by atoms with van der Waals surface area (Å²) in [6, 6.07) is 14.7. The number of hydrogen-bond donors (Lipinski definition) is 4. The number of rotatable bonds is 7. The van der Waals surface area contributed by atoms with E-state index in [2.05, 4.69) is 35.1 Å². The highest BCUT2D eigenvalue weighted by Crippen LogP contribution is 2.46. The Morgan fingerprint density at radius 2 is 1.97 bits per heavy atom. The number of halogens is 2. The SMILES string of the molecule is Cc1cnc(Nc2cccc3c2OC(F)(F)O3)nc1-c1c[nH]c(C(=O)N[C@H](CO)c2ccccc2)c1. The first-order valence-electron chi connectivity index (χ1n) is 11.0. The van der Waals surface area contributed by atoms with Crippen LogP contribution in [0.5, 0.6) is 11.5 Å². The van der Waals surface area contributed by atoms with Gasteiger partial charge < -0.3 is 30.2 Å². The van der Waals surface area contributed by atoms with Crippen molar-refractivity contribution < 1.29 is 28.2 Å². The van der Waals surface area contributed by atoms with Crippen LogP contribution in [0.2, 0.25) is 0 Å². The minimum Gasteiger partial charge on any atom is -0.395 e. The van der Waals surface area contributed by atoms with E-state index in [1.807, 2.05) is 30.3 Å². The predicted octanol–water partition coefficient (Wildman–Crippen LogP) is 4.31. The normalized spacial score (nSPS) is 14.3. The quantitative estimate of drug-likeness (QED) is 0.303. The van der Waals surface area contributed by atoms with Gasteiger partial charge in [0.2, 0.25) is 5.95 Å². The van der Waals surface area contributed by atoms with E-state index in [9.17, 15) is 18.7 Å². The number of carbonyl (C=O) groups excluding carboxylic acids is 1. The lowest BCUT2D eigenvalue weighted by atomic mass is 10.1. The molecule has 4 aromatic rings. The van der Waals surface area contributed by atoms with Gasteiger partial charge in [-0.25, -0.2) is 9.97 Å². The van der Waals surface area contributed by atoms with E-state index in [4.69, 9.17) is 0 Å². The van der Waals surface area contributed by atoms with Crippen LogP contribution in [0.25, 0.3) is 11.3 Å². The van der Waals surface area contributed by atoms with Crippen LogP contribution in [0.4, 0.5) is 20.4 Å². The molecule has 0 bridgehead atoms. The zero-order valence-corrected chi connectivity index (χ0v) is 19.0. The minimum atomic E-state index is -3.75. The average molecular weight is 493 g/mol. The number of nitrogens with zero attached hydrogens (tertiary/aromatic N) is 2. The first kappa shape index (κ1) is 23.2. The zero-order valence-electron chi connectivity index (χ0n) is 19.0. The number of H-pyrrole nitrogens is 1. The monoisotopic (exact) mass is 493 g/mol. The number of aliphatic hydroxyl groups excluding tert-OH is 1. The maximum atomic E-state index is 13.5. The Kier molecular flexibility index (Phi) is 5.98. The number of aromatic nitrogens is 3. The molecule has 0 radical (unpaired) electrons. The minimum absolute atomic E-state index is 0.102. The molecule has 1 aliphatic rings. The van der Waals surface area contributed by atoms with Gasteiger partial charge in [-0.2, -0.15) is 0 Å². The molecule has 1 atom stereocenters. The summed E-state index contributed by atoms with van der Waals surface area (Å²) in [5.41, 5.74) is 3.15. The van der Waals surface area contributed by atoms with Gasteiger partial charge in [0.1, 0.15) is 5.69 Å². The van der Waals surface area contributed by atoms with E-state index in [0.29, 0.717) is 11.3 Å². The molecule has 3 heterocycles. The van der Waals surface area contributed by atoms with E-state index in [1.54, 1.807) is 25.4 Å². The van der Waals surface area contributed by atoms with Crippen LogP contribution in [-0.4, -0.2) is 38.9 Å². The number of ether oxygens (including phenoxy) is 2. The third-order valence-corrected chi connectivity index (χ3v) is 5.54. The summed E-state index contributed by atoms with van der Waals surface area (Å²) >= 11 is 0. The number of hydrogen-bond acceptors (Lipinski definition) is 7. The Bertz CT molecular complexity index is 1410. The lowest BCUT2D eigenvalue weighted by molar-refractivity contribution is -0.286. The molecule has 0 unspecified atom stereocenters. The average Bonchev–Trinajstić information content (AvgIpc) is 3.48. The van der Waals surface area contributed by atoms with Gasteiger partial charge >= 0.3 is 6.29 Å². The summed E-state index contributed by atoms with van der Waals surface area (Å²) in [6.45, 7) is 1.55. The number of aromatic amines is 1. The second-order valence-electron chi connectivity index (χ2n) is 8.07. The standard InChI is InChI=1S/C25H21F2N5O4/c1-14-11-29-24(31-17-8-5-9-20-22(17)36-25(26,27)35-20)32-21(14)16-10-18(28-12-16)23(34)30-19(13-33)15-6-3-2-4-7-15/h2-12,19,28,33H,13H2,1H3,(H,30,34)(H,29,31,32)/t19-/m1/s1. The molecule has 0 aliphatic carbocycles. The molecule has 2 aromatic carbocycles. The van der Waals surface area contributed by atoms with Crippen LogP contribution in [0.3, 0.4) is 0 Å². The third kappa shape index (κ3) is 4.68. The molecule has 36 heavy (non-hydrogen) atoms. The number of benzene rings is 2. The summed E-state index contributed by atoms with van der Waals surface area (Å²) < 4.78 is 36.1. The Hall–Kier alpha value is -4.51. The molecule has 0 saturated carbocycles. The van der Waals surface area contributed by atoms with Crippen LogP contribution in [0, 0.1) is 6.92 Å². The maximum absolute atomic E-state index is 13.5. The smallest absolute Gasteiger partial charge is 0.395 e. The van der Waals surface area contributed by atoms with Crippen LogP contribution in [0.1, 0.15) is 27.7 Å². The molecule has 2 aromatic heterocycles. The lowest BCUT2D eigenvalue weighted by Crippen LogP contribution is -2.30. The molecular weight excluding hydrogens is 472 g/mol. The molecule has 1 amide bonds. The van der Waals surface area contributed by atoms with Crippen molar-refractivity contribution in [3.05, 3.63) is 83.8 Å². The summed E-state index contributed by atoms with van der Waals surface area (Å²) in [4.78, 5) is 24.5. The maximum Gasteiger partial charge on any atom is 0.586 e. The van der Waals surface area contributed by atoms with E-state index >= 15 is 0 Å². The van der Waals surface area contributed by atoms with Crippen molar-refractivity contribution in [2.75, 3.05) is 11.9 Å². The summed E-state index contributed by atoms with van der Waals surface area (Å²) in [5.74, 6) is -0.507. The third-order valence-electron chi connectivity index (χ3n) is 5.54. The first-order chi connectivity index (χ1) is 17.3. The largest absolute Gasteiger partial charge is 0.586 e. The van der Waals surface area contributed by atoms with Crippen LogP contribution >= 0.6 is 0 Å². The number of anilines is 2. The number of aliphatic hydroxyl groups is 1. The van der Waals surface area contributed by atoms with Gasteiger partial charge in [0, 0.05) is 18.0 Å². The predicted molar refractivity (Wildman–Crippen MR) is 126 cm³/mol. The second-order valence-corrected chi connectivity index (χ2v) is 8.07. The molecule has 0 fully saturated rings. The van der Waals surface area contributed by atoms with E-state index in [0.717, 1.165) is 11.1 Å². The van der Waals surface area contributed by atoms with Gasteiger partial charge in [0.05, 0.1) is 24.0 Å². The van der Waals surface area contributed by atoms with E-state index in [1.165, 1.54) is 18.2 Å². The van der Waals surface area contributed by atoms with E-state index < -0.39 is 18.2 Å². The number of nitrogens with one attached hydrogen (secondary N) is 3. The van der Waals surface area contributed by atoms with Crippen molar-refractivity contribution in [2.45, 2.75) is 19.3 Å². The van der Waals surface area contributed by atoms with Gasteiger partial charge in [0.15, 0.2) is 11.5 Å². The molecule has 0 spiro atoms. The fourth-order valence-corrected chi connectivity index (χ4v) is 3.80. The van der Waals surface area contributed by atoms with Gasteiger partial charge in [-0.1, -0.05) is 36.4 Å². The fourth-order valence-electron chi connectivity index (χ4n) is 3.80. The van der Waals surface area contributed by atoms with Gasteiger partial charge in [-0.05, 0) is 36.2 Å².